The predicted octanol–water partition coefficient (Wildman–Crippen LogP) is 5.14. The lowest BCUT2D eigenvalue weighted by molar-refractivity contribution is 0.262. The molecule has 1 N–H and O–H groups in total. The fraction of sp³-hybridized carbons (Fsp3) is 0.348. The molecular formula is C23H27ClN4. The van der Waals surface area contributed by atoms with Gasteiger partial charge in [0.05, 0.1) is 10.7 Å². The van der Waals surface area contributed by atoms with E-state index in [1.807, 2.05) is 7.05 Å². The molecule has 0 radical (unpaired) electrons. The van der Waals surface area contributed by atoms with Crippen molar-refractivity contribution < 1.29 is 0 Å². The van der Waals surface area contributed by atoms with E-state index >= 15 is 0 Å². The van der Waals surface area contributed by atoms with E-state index in [0.29, 0.717) is 0 Å². The summed E-state index contributed by atoms with van der Waals surface area (Å²) in [6, 6.07) is 12.5. The molecule has 2 heterocycles. The van der Waals surface area contributed by atoms with Crippen molar-refractivity contribution in [2.45, 2.75) is 26.8 Å². The number of fused-ring (bicyclic) bond motifs is 1. The molecule has 4 nitrogen and oxygen atoms in total. The zero-order valence-corrected chi connectivity index (χ0v) is 17.8. The Kier molecular flexibility index (Phi) is 5.17. The van der Waals surface area contributed by atoms with E-state index in [2.05, 4.69) is 72.1 Å². The Morgan fingerprint density at radius 2 is 1.82 bits per heavy atom. The number of nitrogens with one attached hydrogen (secondary N) is 1. The van der Waals surface area contributed by atoms with E-state index in [-0.39, 0.29) is 0 Å². The molecule has 1 aromatic heterocycles. The molecule has 0 amide bonds. The maximum atomic E-state index is 6.95. The maximum Gasteiger partial charge on any atom is 0.141 e. The Morgan fingerprint density at radius 3 is 2.57 bits per heavy atom. The standard InChI is InChI=1S/C23H27ClN4/c1-5-28-13-12-21-20(14-28)26-23(27(21)4)18-10-6-9-17(22(18)24)16-8-7-11-19(25-3)15(16)2/h6-11,25H,5,12-14H2,1-4H3. The molecule has 0 aliphatic carbocycles. The van der Waals surface area contributed by atoms with E-state index in [9.17, 15) is 0 Å². The molecule has 0 atom stereocenters. The summed E-state index contributed by atoms with van der Waals surface area (Å²) < 4.78 is 2.23. The first-order valence-electron chi connectivity index (χ1n) is 9.88. The molecule has 0 fully saturated rings. The maximum absolute atomic E-state index is 6.95. The number of rotatable bonds is 4. The topological polar surface area (TPSA) is 33.1 Å². The highest BCUT2D eigenvalue weighted by Crippen LogP contribution is 2.39. The molecule has 2 aromatic carbocycles. The van der Waals surface area contributed by atoms with Gasteiger partial charge in [0.1, 0.15) is 5.82 Å². The Balaban J connectivity index is 1.82. The normalized spacial score (nSPS) is 14.2. The second-order valence-electron chi connectivity index (χ2n) is 7.40. The van der Waals surface area contributed by atoms with Crippen LogP contribution in [0.2, 0.25) is 5.02 Å². The minimum Gasteiger partial charge on any atom is -0.388 e. The van der Waals surface area contributed by atoms with Crippen LogP contribution in [-0.2, 0) is 20.0 Å². The number of benzene rings is 2. The van der Waals surface area contributed by atoms with E-state index in [1.54, 1.807) is 0 Å². The van der Waals surface area contributed by atoms with Crippen molar-refractivity contribution in [3.8, 4) is 22.5 Å². The van der Waals surface area contributed by atoms with Crippen molar-refractivity contribution in [1.29, 1.82) is 0 Å². The van der Waals surface area contributed by atoms with Crippen molar-refractivity contribution in [3.63, 3.8) is 0 Å². The molecule has 0 bridgehead atoms. The number of imidazole rings is 1. The van der Waals surface area contributed by atoms with Gasteiger partial charge in [-0.3, -0.25) is 4.90 Å². The molecule has 1 aliphatic heterocycles. The molecule has 28 heavy (non-hydrogen) atoms. The summed E-state index contributed by atoms with van der Waals surface area (Å²) in [6.07, 6.45) is 1.04. The van der Waals surface area contributed by atoms with Gasteiger partial charge in [-0.1, -0.05) is 42.8 Å². The zero-order chi connectivity index (χ0) is 19.8. The lowest BCUT2D eigenvalue weighted by atomic mass is 9.97. The van der Waals surface area contributed by atoms with Crippen LogP contribution in [-0.4, -0.2) is 34.6 Å². The monoisotopic (exact) mass is 394 g/mol. The van der Waals surface area contributed by atoms with Crippen LogP contribution in [0.3, 0.4) is 0 Å². The van der Waals surface area contributed by atoms with E-state index in [1.165, 1.54) is 17.0 Å². The minimum atomic E-state index is 0.761. The second kappa shape index (κ2) is 7.61. The highest BCUT2D eigenvalue weighted by atomic mass is 35.5. The van der Waals surface area contributed by atoms with Crippen molar-refractivity contribution >= 4 is 17.3 Å². The highest BCUT2D eigenvalue weighted by molar-refractivity contribution is 6.36. The summed E-state index contributed by atoms with van der Waals surface area (Å²) in [6.45, 7) is 7.40. The quantitative estimate of drug-likeness (QED) is 0.665. The first-order valence-corrected chi connectivity index (χ1v) is 10.3. The van der Waals surface area contributed by atoms with E-state index in [0.717, 1.165) is 59.3 Å². The van der Waals surface area contributed by atoms with Crippen LogP contribution in [0, 0.1) is 6.92 Å². The van der Waals surface area contributed by atoms with Gasteiger partial charge in [0, 0.05) is 56.1 Å². The number of anilines is 1. The second-order valence-corrected chi connectivity index (χ2v) is 7.78. The van der Waals surface area contributed by atoms with E-state index in [4.69, 9.17) is 16.6 Å². The summed E-state index contributed by atoms with van der Waals surface area (Å²) >= 11 is 6.95. The molecular weight excluding hydrogens is 368 g/mol. The SMILES string of the molecule is CCN1CCc2c(nc(-c3cccc(-c4cccc(NC)c4C)c3Cl)n2C)C1. The average molecular weight is 395 g/mol. The van der Waals surface area contributed by atoms with Gasteiger partial charge in [-0.2, -0.15) is 0 Å². The predicted molar refractivity (Wildman–Crippen MR) is 118 cm³/mol. The van der Waals surface area contributed by atoms with Gasteiger partial charge in [0.25, 0.3) is 0 Å². The Labute approximate surface area is 172 Å². The molecule has 4 rings (SSSR count). The molecule has 0 spiro atoms. The Bertz CT molecular complexity index is 1020. The van der Waals surface area contributed by atoms with Gasteiger partial charge < -0.3 is 9.88 Å². The number of aromatic nitrogens is 2. The Morgan fingerprint density at radius 1 is 1.11 bits per heavy atom. The molecule has 1 aliphatic rings. The number of hydrogen-bond donors (Lipinski definition) is 1. The van der Waals surface area contributed by atoms with Crippen LogP contribution in [0.4, 0.5) is 5.69 Å². The van der Waals surface area contributed by atoms with Crippen LogP contribution < -0.4 is 5.32 Å². The van der Waals surface area contributed by atoms with Crippen LogP contribution >= 0.6 is 11.6 Å². The molecule has 0 saturated heterocycles. The summed E-state index contributed by atoms with van der Waals surface area (Å²) in [5, 5.41) is 4.02. The van der Waals surface area contributed by atoms with Gasteiger partial charge in [0.2, 0.25) is 0 Å². The third-order valence-electron chi connectivity index (χ3n) is 5.91. The highest BCUT2D eigenvalue weighted by Gasteiger charge is 2.24. The van der Waals surface area contributed by atoms with Gasteiger partial charge >= 0.3 is 0 Å². The summed E-state index contributed by atoms with van der Waals surface area (Å²) in [5.41, 5.74) is 8.01. The van der Waals surface area contributed by atoms with Crippen LogP contribution in [0.15, 0.2) is 36.4 Å². The van der Waals surface area contributed by atoms with Crippen LogP contribution in [0.1, 0.15) is 23.9 Å². The van der Waals surface area contributed by atoms with Crippen LogP contribution in [0.5, 0.6) is 0 Å². The number of nitrogens with zero attached hydrogens (tertiary/aromatic N) is 3. The number of halogens is 1. The first kappa shape index (κ1) is 19.0. The lowest BCUT2D eigenvalue weighted by Crippen LogP contribution is -2.30. The lowest BCUT2D eigenvalue weighted by Gasteiger charge is -2.24. The van der Waals surface area contributed by atoms with Crippen LogP contribution in [0.25, 0.3) is 22.5 Å². The van der Waals surface area contributed by atoms with Gasteiger partial charge in [0.15, 0.2) is 0 Å². The molecule has 5 heteroatoms. The third-order valence-corrected chi connectivity index (χ3v) is 6.32. The third kappa shape index (κ3) is 3.11. The van der Waals surface area contributed by atoms with Crippen molar-refractivity contribution in [2.75, 3.05) is 25.5 Å². The number of hydrogen-bond acceptors (Lipinski definition) is 3. The van der Waals surface area contributed by atoms with Gasteiger partial charge in [-0.05, 0) is 36.7 Å². The summed E-state index contributed by atoms with van der Waals surface area (Å²) in [4.78, 5) is 7.43. The summed E-state index contributed by atoms with van der Waals surface area (Å²) in [5.74, 6) is 0.956. The van der Waals surface area contributed by atoms with Crippen molar-refractivity contribution in [1.82, 2.24) is 14.5 Å². The fourth-order valence-electron chi connectivity index (χ4n) is 4.20. The Hall–Kier alpha value is -2.30. The minimum absolute atomic E-state index is 0.761. The number of likely N-dealkylation sites (N-methyl/N-ethyl adjacent to an activating group) is 1. The zero-order valence-electron chi connectivity index (χ0n) is 17.0. The smallest absolute Gasteiger partial charge is 0.141 e. The summed E-state index contributed by atoms with van der Waals surface area (Å²) in [7, 11) is 4.06. The van der Waals surface area contributed by atoms with Gasteiger partial charge in [-0.15, -0.1) is 0 Å². The molecule has 0 unspecified atom stereocenters. The molecule has 3 aromatic rings. The molecule has 0 saturated carbocycles. The molecule has 146 valence electrons. The van der Waals surface area contributed by atoms with Crippen molar-refractivity contribution in [2.24, 2.45) is 7.05 Å². The van der Waals surface area contributed by atoms with E-state index < -0.39 is 0 Å². The fourth-order valence-corrected chi connectivity index (χ4v) is 4.52. The van der Waals surface area contributed by atoms with Gasteiger partial charge in [-0.25, -0.2) is 4.98 Å². The first-order chi connectivity index (χ1) is 13.5. The van der Waals surface area contributed by atoms with Crippen molar-refractivity contribution in [3.05, 3.63) is 58.4 Å². The largest absolute Gasteiger partial charge is 0.388 e. The average Bonchev–Trinajstić information content (AvgIpc) is 3.04.